The van der Waals surface area contributed by atoms with Gasteiger partial charge >= 0.3 is 0 Å². The van der Waals surface area contributed by atoms with Crippen LogP contribution in [-0.4, -0.2) is 41.8 Å². The maximum atomic E-state index is 13.0. The summed E-state index contributed by atoms with van der Waals surface area (Å²) in [5, 5.41) is 17.4. The molecule has 33 heavy (non-hydrogen) atoms. The minimum absolute atomic E-state index is 0.0401. The first-order valence-electron chi connectivity index (χ1n) is 10.7. The maximum absolute atomic E-state index is 13.0. The van der Waals surface area contributed by atoms with Crippen LogP contribution in [0.3, 0.4) is 0 Å². The summed E-state index contributed by atoms with van der Waals surface area (Å²) in [7, 11) is 1.88. The van der Waals surface area contributed by atoms with Crippen molar-refractivity contribution < 1.29 is 14.3 Å². The fourth-order valence-electron chi connectivity index (χ4n) is 4.07. The van der Waals surface area contributed by atoms with Crippen LogP contribution in [0.15, 0.2) is 41.3 Å². The monoisotopic (exact) mass is 454 g/mol. The summed E-state index contributed by atoms with van der Waals surface area (Å²) in [6, 6.07) is 7.74. The van der Waals surface area contributed by atoms with E-state index >= 15 is 0 Å². The van der Waals surface area contributed by atoms with E-state index in [9.17, 15) is 19.1 Å². The second kappa shape index (κ2) is 8.78. The summed E-state index contributed by atoms with van der Waals surface area (Å²) < 4.78 is 16.3. The lowest BCUT2D eigenvalue weighted by atomic mass is 9.97. The molecule has 10 heteroatoms. The molecule has 0 bridgehead atoms. The zero-order valence-electron chi connectivity index (χ0n) is 18.9. The highest BCUT2D eigenvalue weighted by molar-refractivity contribution is 5.78. The predicted molar refractivity (Wildman–Crippen MR) is 119 cm³/mol. The smallest absolute Gasteiger partial charge is 0.296 e. The molecule has 174 valence electrons. The van der Waals surface area contributed by atoms with Crippen LogP contribution in [0.2, 0.25) is 0 Å². The summed E-state index contributed by atoms with van der Waals surface area (Å²) in [4.78, 5) is 32.1. The highest BCUT2D eigenvalue weighted by Gasteiger charge is 2.38. The third-order valence-corrected chi connectivity index (χ3v) is 6.16. The number of halogens is 1. The molecule has 1 aliphatic rings. The van der Waals surface area contributed by atoms with Crippen molar-refractivity contribution in [2.45, 2.75) is 45.4 Å². The van der Waals surface area contributed by atoms with E-state index in [4.69, 9.17) is 0 Å². The van der Waals surface area contributed by atoms with Gasteiger partial charge < -0.3 is 10.4 Å². The molecule has 3 heterocycles. The van der Waals surface area contributed by atoms with Gasteiger partial charge in [-0.25, -0.2) is 9.37 Å². The molecule has 0 aliphatic carbocycles. The Hall–Kier alpha value is -3.53. The maximum Gasteiger partial charge on any atom is 0.296 e. The number of aromatic nitrogens is 4. The van der Waals surface area contributed by atoms with Gasteiger partial charge in [0.2, 0.25) is 11.7 Å². The number of carbonyl (C=O) groups is 1. The molecular formula is C23H27FN6O3. The molecule has 3 aromatic rings. The van der Waals surface area contributed by atoms with E-state index in [0.717, 1.165) is 11.3 Å². The Morgan fingerprint density at radius 2 is 1.94 bits per heavy atom. The van der Waals surface area contributed by atoms with Crippen molar-refractivity contribution in [1.29, 1.82) is 0 Å². The fraction of sp³-hybridized carbons (Fsp3) is 0.391. The van der Waals surface area contributed by atoms with Crippen LogP contribution < -0.4 is 10.9 Å². The normalized spacial score (nSPS) is 15.3. The number of aryl methyl sites for hydroxylation is 1. The molecule has 1 aromatic carbocycles. The van der Waals surface area contributed by atoms with Gasteiger partial charge in [-0.3, -0.25) is 23.7 Å². The van der Waals surface area contributed by atoms with E-state index in [-0.39, 0.29) is 24.5 Å². The number of fused-ring (bicyclic) bond motifs is 1. The molecule has 0 radical (unpaired) electrons. The number of carbonyl (C=O) groups excluding carboxylic acids is 1. The van der Waals surface area contributed by atoms with Gasteiger partial charge in [-0.15, -0.1) is 0 Å². The van der Waals surface area contributed by atoms with Gasteiger partial charge in [0.25, 0.3) is 5.56 Å². The molecule has 2 N–H and O–H groups in total. The standard InChI is InChI=1S/C23H27FN6O3/c1-23(2)22-27-18(12-19(31)25-13-15-4-6-16(24)7-5-15)20(32)21(33)30(22)11-10-29(23)14-17-8-9-26-28(17)3/h4-9,32H,10-14H2,1-3H3,(H,25,31). The number of nitrogens with zero attached hydrogens (tertiary/aromatic N) is 5. The van der Waals surface area contributed by atoms with Crippen molar-refractivity contribution in [3.8, 4) is 5.75 Å². The minimum atomic E-state index is -0.616. The lowest BCUT2D eigenvalue weighted by Gasteiger charge is -2.43. The van der Waals surface area contributed by atoms with Gasteiger partial charge in [0.15, 0.2) is 0 Å². The van der Waals surface area contributed by atoms with Crippen LogP contribution >= 0.6 is 0 Å². The Morgan fingerprint density at radius 3 is 2.61 bits per heavy atom. The van der Waals surface area contributed by atoms with Gasteiger partial charge in [-0.05, 0) is 37.6 Å². The Balaban J connectivity index is 1.55. The average Bonchev–Trinajstić information content (AvgIpc) is 3.18. The van der Waals surface area contributed by atoms with E-state index in [0.29, 0.717) is 25.5 Å². The first kappa shape index (κ1) is 22.7. The molecule has 0 saturated carbocycles. The van der Waals surface area contributed by atoms with E-state index in [2.05, 4.69) is 20.3 Å². The van der Waals surface area contributed by atoms with Gasteiger partial charge in [-0.1, -0.05) is 12.1 Å². The molecular weight excluding hydrogens is 427 g/mol. The Labute approximate surface area is 190 Å². The number of hydrogen-bond acceptors (Lipinski definition) is 6. The van der Waals surface area contributed by atoms with Gasteiger partial charge in [0.1, 0.15) is 11.6 Å². The third kappa shape index (κ3) is 4.51. The number of aromatic hydroxyl groups is 1. The Morgan fingerprint density at radius 1 is 1.21 bits per heavy atom. The molecule has 0 saturated heterocycles. The molecule has 9 nitrogen and oxygen atoms in total. The number of amides is 1. The Kier molecular flexibility index (Phi) is 6.03. The van der Waals surface area contributed by atoms with Gasteiger partial charge in [-0.2, -0.15) is 5.10 Å². The predicted octanol–water partition coefficient (Wildman–Crippen LogP) is 1.43. The first-order chi connectivity index (χ1) is 15.7. The average molecular weight is 455 g/mol. The zero-order valence-corrected chi connectivity index (χ0v) is 18.9. The van der Waals surface area contributed by atoms with E-state index in [1.165, 1.54) is 16.7 Å². The lowest BCUT2D eigenvalue weighted by molar-refractivity contribution is -0.120. The van der Waals surface area contributed by atoms with Crippen LogP contribution in [0.1, 0.15) is 36.6 Å². The third-order valence-electron chi connectivity index (χ3n) is 6.16. The van der Waals surface area contributed by atoms with Gasteiger partial charge in [0.05, 0.1) is 23.3 Å². The number of benzene rings is 1. The number of hydrogen-bond donors (Lipinski definition) is 2. The van der Waals surface area contributed by atoms with Crippen molar-refractivity contribution in [2.75, 3.05) is 6.54 Å². The minimum Gasteiger partial charge on any atom is -0.502 e. The topological polar surface area (TPSA) is 105 Å². The summed E-state index contributed by atoms with van der Waals surface area (Å²) in [6.07, 6.45) is 1.50. The van der Waals surface area contributed by atoms with Crippen LogP contribution in [0.25, 0.3) is 0 Å². The molecule has 1 aliphatic heterocycles. The molecule has 4 rings (SSSR count). The van der Waals surface area contributed by atoms with Crippen molar-refractivity contribution in [1.82, 2.24) is 29.5 Å². The molecule has 0 unspecified atom stereocenters. The molecule has 1 amide bonds. The number of nitrogens with one attached hydrogen (secondary N) is 1. The summed E-state index contributed by atoms with van der Waals surface area (Å²) in [6.45, 7) is 5.74. The SMILES string of the molecule is Cn1nccc1CN1CCn2c(nc(CC(=O)NCc3ccc(F)cc3)c(O)c2=O)C1(C)C. The highest BCUT2D eigenvalue weighted by atomic mass is 19.1. The molecule has 2 aromatic heterocycles. The highest BCUT2D eigenvalue weighted by Crippen LogP contribution is 2.31. The second-order valence-corrected chi connectivity index (χ2v) is 8.69. The van der Waals surface area contributed by atoms with E-state index in [1.54, 1.807) is 23.0 Å². The Bertz CT molecular complexity index is 1230. The second-order valence-electron chi connectivity index (χ2n) is 8.69. The molecule has 0 atom stereocenters. The van der Waals surface area contributed by atoms with Crippen LogP contribution in [0.5, 0.6) is 5.75 Å². The lowest BCUT2D eigenvalue weighted by Crippen LogP contribution is -2.52. The van der Waals surface area contributed by atoms with Crippen LogP contribution in [-0.2, 0) is 43.4 Å². The molecule has 0 spiro atoms. The largest absolute Gasteiger partial charge is 0.502 e. The summed E-state index contributed by atoms with van der Waals surface area (Å²) >= 11 is 0. The molecule has 0 fully saturated rings. The van der Waals surface area contributed by atoms with Crippen LogP contribution in [0.4, 0.5) is 4.39 Å². The quantitative estimate of drug-likeness (QED) is 0.584. The van der Waals surface area contributed by atoms with Crippen LogP contribution in [0, 0.1) is 5.82 Å². The number of rotatable bonds is 6. The van der Waals surface area contributed by atoms with Crippen molar-refractivity contribution in [3.63, 3.8) is 0 Å². The summed E-state index contributed by atoms with van der Waals surface area (Å²) in [5.74, 6) is -0.757. The van der Waals surface area contributed by atoms with E-state index in [1.807, 2.05) is 27.0 Å². The summed E-state index contributed by atoms with van der Waals surface area (Å²) in [5.41, 5.74) is 0.639. The first-order valence-corrected chi connectivity index (χ1v) is 10.7. The van der Waals surface area contributed by atoms with Crippen molar-refractivity contribution in [3.05, 3.63) is 75.5 Å². The fourth-order valence-corrected chi connectivity index (χ4v) is 4.07. The van der Waals surface area contributed by atoms with Crippen molar-refractivity contribution >= 4 is 5.91 Å². The van der Waals surface area contributed by atoms with Crippen molar-refractivity contribution in [2.24, 2.45) is 7.05 Å². The van der Waals surface area contributed by atoms with Gasteiger partial charge in [0, 0.05) is 39.4 Å². The van der Waals surface area contributed by atoms with E-state index < -0.39 is 22.8 Å². The zero-order chi connectivity index (χ0) is 23.8.